The van der Waals surface area contributed by atoms with Gasteiger partial charge in [-0.15, -0.1) is 0 Å². The minimum absolute atomic E-state index is 0.157. The van der Waals surface area contributed by atoms with Gasteiger partial charge in [-0.3, -0.25) is 9.69 Å². The van der Waals surface area contributed by atoms with Gasteiger partial charge in [-0.2, -0.15) is 4.31 Å². The quantitative estimate of drug-likeness (QED) is 0.638. The molecule has 0 aromatic heterocycles. The Morgan fingerprint density at radius 2 is 1.66 bits per heavy atom. The summed E-state index contributed by atoms with van der Waals surface area (Å²) in [6.45, 7) is 5.60. The van der Waals surface area contributed by atoms with Crippen LogP contribution in [-0.2, 0) is 21.4 Å². The normalized spacial score (nSPS) is 15.7. The largest absolute Gasteiger partial charge is 0.339 e. The summed E-state index contributed by atoms with van der Waals surface area (Å²) < 4.78 is 27.3. The SMILES string of the molecule is Cc1ccccc1CN1CCN(C(=O)CN(C)S(=O)(=O)c2ccc(Br)cc2)CC1. The molecular weight excluding hydrogens is 454 g/mol. The van der Waals surface area contributed by atoms with Crippen molar-refractivity contribution in [3.8, 4) is 0 Å². The van der Waals surface area contributed by atoms with Gasteiger partial charge in [-0.25, -0.2) is 8.42 Å². The standard InChI is InChI=1S/C21H26BrN3O3S/c1-17-5-3-4-6-18(17)15-24-11-13-25(14-12-24)21(26)16-23(2)29(27,28)20-9-7-19(22)8-10-20/h3-10H,11-16H2,1-2H3. The van der Waals surface area contributed by atoms with Crippen LogP contribution < -0.4 is 0 Å². The van der Waals surface area contributed by atoms with E-state index in [0.29, 0.717) is 13.1 Å². The van der Waals surface area contributed by atoms with Crippen molar-refractivity contribution in [1.82, 2.24) is 14.1 Å². The summed E-state index contributed by atoms with van der Waals surface area (Å²) in [5, 5.41) is 0. The molecule has 0 unspecified atom stereocenters. The average Bonchev–Trinajstić information content (AvgIpc) is 2.70. The number of rotatable bonds is 6. The molecule has 0 saturated carbocycles. The van der Waals surface area contributed by atoms with Gasteiger partial charge < -0.3 is 4.90 Å². The molecule has 0 bridgehead atoms. The zero-order valence-corrected chi connectivity index (χ0v) is 19.1. The lowest BCUT2D eigenvalue weighted by Gasteiger charge is -2.35. The van der Waals surface area contributed by atoms with Crippen molar-refractivity contribution in [2.75, 3.05) is 39.8 Å². The average molecular weight is 480 g/mol. The Balaban J connectivity index is 1.54. The van der Waals surface area contributed by atoms with Crippen LogP contribution in [0, 0.1) is 6.92 Å². The van der Waals surface area contributed by atoms with Crippen LogP contribution in [0.25, 0.3) is 0 Å². The second kappa shape index (κ2) is 9.38. The predicted molar refractivity (Wildman–Crippen MR) is 117 cm³/mol. The molecule has 29 heavy (non-hydrogen) atoms. The van der Waals surface area contributed by atoms with E-state index in [-0.39, 0.29) is 17.3 Å². The molecule has 2 aromatic rings. The maximum atomic E-state index is 12.7. The second-order valence-electron chi connectivity index (χ2n) is 7.30. The number of sulfonamides is 1. The van der Waals surface area contributed by atoms with E-state index in [0.717, 1.165) is 28.4 Å². The van der Waals surface area contributed by atoms with E-state index >= 15 is 0 Å². The number of hydrogen-bond donors (Lipinski definition) is 0. The van der Waals surface area contributed by atoms with Gasteiger partial charge in [-0.05, 0) is 42.3 Å². The summed E-state index contributed by atoms with van der Waals surface area (Å²) in [5.74, 6) is -0.163. The van der Waals surface area contributed by atoms with Crippen LogP contribution in [0.1, 0.15) is 11.1 Å². The van der Waals surface area contributed by atoms with Crippen LogP contribution >= 0.6 is 15.9 Å². The minimum atomic E-state index is -3.69. The Morgan fingerprint density at radius 1 is 1.03 bits per heavy atom. The van der Waals surface area contributed by atoms with Crippen LogP contribution in [0.5, 0.6) is 0 Å². The summed E-state index contributed by atoms with van der Waals surface area (Å²) in [4.78, 5) is 16.9. The number of aryl methyl sites for hydroxylation is 1. The Bertz CT molecular complexity index is 955. The highest BCUT2D eigenvalue weighted by molar-refractivity contribution is 9.10. The highest BCUT2D eigenvalue weighted by Gasteiger charge is 2.27. The minimum Gasteiger partial charge on any atom is -0.339 e. The number of nitrogens with zero attached hydrogens (tertiary/aromatic N) is 3. The zero-order valence-electron chi connectivity index (χ0n) is 16.7. The Morgan fingerprint density at radius 3 is 2.28 bits per heavy atom. The van der Waals surface area contributed by atoms with E-state index in [1.807, 2.05) is 12.1 Å². The molecule has 0 radical (unpaired) electrons. The molecule has 3 rings (SSSR count). The molecule has 1 saturated heterocycles. The fourth-order valence-electron chi connectivity index (χ4n) is 3.35. The summed E-state index contributed by atoms with van der Waals surface area (Å²) in [7, 11) is -2.24. The van der Waals surface area contributed by atoms with E-state index < -0.39 is 10.0 Å². The molecule has 6 nitrogen and oxygen atoms in total. The van der Waals surface area contributed by atoms with Crippen LogP contribution in [0.15, 0.2) is 57.9 Å². The topological polar surface area (TPSA) is 60.9 Å². The molecule has 1 fully saturated rings. The van der Waals surface area contributed by atoms with E-state index in [1.54, 1.807) is 17.0 Å². The molecule has 1 aliphatic heterocycles. The summed E-state index contributed by atoms with van der Waals surface area (Å²) in [6, 6.07) is 14.7. The number of benzene rings is 2. The molecule has 1 heterocycles. The maximum Gasteiger partial charge on any atom is 0.243 e. The third-order valence-corrected chi connectivity index (χ3v) is 7.61. The van der Waals surface area contributed by atoms with Crippen LogP contribution in [0.3, 0.4) is 0 Å². The van der Waals surface area contributed by atoms with Gasteiger partial charge in [0.2, 0.25) is 15.9 Å². The van der Waals surface area contributed by atoms with Crippen molar-refractivity contribution in [3.05, 3.63) is 64.1 Å². The highest BCUT2D eigenvalue weighted by atomic mass is 79.9. The van der Waals surface area contributed by atoms with Gasteiger partial charge in [0.05, 0.1) is 11.4 Å². The summed E-state index contributed by atoms with van der Waals surface area (Å²) in [5.41, 5.74) is 2.57. The Kier molecular flexibility index (Phi) is 7.10. The Hall–Kier alpha value is -1.74. The first-order valence-electron chi connectivity index (χ1n) is 9.54. The van der Waals surface area contributed by atoms with Crippen molar-refractivity contribution >= 4 is 31.9 Å². The van der Waals surface area contributed by atoms with Crippen molar-refractivity contribution in [2.45, 2.75) is 18.4 Å². The molecule has 0 N–H and O–H groups in total. The first kappa shape index (κ1) is 22.0. The number of piperazine rings is 1. The molecule has 0 aliphatic carbocycles. The van der Waals surface area contributed by atoms with E-state index in [9.17, 15) is 13.2 Å². The first-order valence-corrected chi connectivity index (χ1v) is 11.8. The molecule has 8 heteroatoms. The van der Waals surface area contributed by atoms with Crippen LogP contribution in [-0.4, -0.2) is 68.2 Å². The Labute approximate surface area is 181 Å². The fourth-order valence-corrected chi connectivity index (χ4v) is 4.73. The predicted octanol–water partition coefficient (Wildman–Crippen LogP) is 2.72. The lowest BCUT2D eigenvalue weighted by molar-refractivity contribution is -0.133. The molecule has 156 valence electrons. The highest BCUT2D eigenvalue weighted by Crippen LogP contribution is 2.18. The third-order valence-electron chi connectivity index (χ3n) is 5.26. The van der Waals surface area contributed by atoms with Gasteiger partial charge in [0.25, 0.3) is 0 Å². The number of carbonyl (C=O) groups excluding carboxylic acids is 1. The van der Waals surface area contributed by atoms with Gasteiger partial charge in [0.15, 0.2) is 0 Å². The van der Waals surface area contributed by atoms with E-state index in [4.69, 9.17) is 0 Å². The zero-order chi connectivity index (χ0) is 21.0. The number of halogens is 1. The van der Waals surface area contributed by atoms with Crippen molar-refractivity contribution < 1.29 is 13.2 Å². The molecule has 2 aromatic carbocycles. The van der Waals surface area contributed by atoms with E-state index in [1.165, 1.54) is 30.3 Å². The summed E-state index contributed by atoms with van der Waals surface area (Å²) in [6.07, 6.45) is 0. The fraction of sp³-hybridized carbons (Fsp3) is 0.381. The number of hydrogen-bond acceptors (Lipinski definition) is 4. The third kappa shape index (κ3) is 5.45. The van der Waals surface area contributed by atoms with Gasteiger partial charge in [0.1, 0.15) is 0 Å². The number of amides is 1. The smallest absolute Gasteiger partial charge is 0.243 e. The van der Waals surface area contributed by atoms with Crippen molar-refractivity contribution in [1.29, 1.82) is 0 Å². The van der Waals surface area contributed by atoms with Crippen molar-refractivity contribution in [2.24, 2.45) is 0 Å². The monoisotopic (exact) mass is 479 g/mol. The molecule has 1 aliphatic rings. The first-order chi connectivity index (χ1) is 13.8. The van der Waals surface area contributed by atoms with Gasteiger partial charge in [-0.1, -0.05) is 40.2 Å². The number of carbonyl (C=O) groups is 1. The maximum absolute atomic E-state index is 12.7. The van der Waals surface area contributed by atoms with Gasteiger partial charge >= 0.3 is 0 Å². The molecule has 0 spiro atoms. The number of likely N-dealkylation sites (N-methyl/N-ethyl adjacent to an activating group) is 1. The molecule has 0 atom stereocenters. The summed E-state index contributed by atoms with van der Waals surface area (Å²) >= 11 is 3.30. The second-order valence-corrected chi connectivity index (χ2v) is 10.3. The lowest BCUT2D eigenvalue weighted by atomic mass is 10.1. The molecular formula is C21H26BrN3O3S. The lowest BCUT2D eigenvalue weighted by Crippen LogP contribution is -2.51. The van der Waals surface area contributed by atoms with Crippen LogP contribution in [0.2, 0.25) is 0 Å². The van der Waals surface area contributed by atoms with Gasteiger partial charge in [0, 0.05) is 44.2 Å². The molecule has 1 amide bonds. The van der Waals surface area contributed by atoms with E-state index in [2.05, 4.69) is 39.9 Å². The van der Waals surface area contributed by atoms with Crippen LogP contribution in [0.4, 0.5) is 0 Å². The van der Waals surface area contributed by atoms with Crippen molar-refractivity contribution in [3.63, 3.8) is 0 Å².